The SMILES string of the molecule is CCC1c2nncn2-c2cnc(-n3ccc(=N)cc3)nc2N1C1CCCC1. The number of pyridine rings is 1. The zero-order valence-corrected chi connectivity index (χ0v) is 15.3. The largest absolute Gasteiger partial charge is 0.341 e. The molecule has 1 atom stereocenters. The first-order chi connectivity index (χ1) is 13.3. The third-order valence-electron chi connectivity index (χ3n) is 5.61. The number of nitrogens with one attached hydrogen (secondary N) is 1. The van der Waals surface area contributed by atoms with Gasteiger partial charge in [-0.1, -0.05) is 19.8 Å². The summed E-state index contributed by atoms with van der Waals surface area (Å²) < 4.78 is 3.88. The highest BCUT2D eigenvalue weighted by atomic mass is 15.4. The van der Waals surface area contributed by atoms with Crippen molar-refractivity contribution in [3.05, 3.63) is 48.2 Å². The summed E-state index contributed by atoms with van der Waals surface area (Å²) in [6.45, 7) is 2.19. The Balaban J connectivity index is 1.69. The number of hydrogen-bond acceptors (Lipinski definition) is 6. The highest BCUT2D eigenvalue weighted by molar-refractivity contribution is 5.62. The maximum absolute atomic E-state index is 7.69. The second-order valence-corrected chi connectivity index (χ2v) is 7.20. The van der Waals surface area contributed by atoms with Crippen molar-refractivity contribution in [3.8, 4) is 11.6 Å². The molecule has 1 aliphatic heterocycles. The van der Waals surface area contributed by atoms with Crippen LogP contribution >= 0.6 is 0 Å². The standard InChI is InChI=1S/C19H22N8/c1-2-15-18-24-22-12-26(18)16-11-21-19(25-9-7-13(20)8-10-25)23-17(16)27(15)14-5-3-4-6-14/h7-12,14-15,20H,2-6H2,1H3. The molecule has 1 N–H and O–H groups in total. The lowest BCUT2D eigenvalue weighted by atomic mass is 10.0. The lowest BCUT2D eigenvalue weighted by Gasteiger charge is -2.40. The molecule has 1 unspecified atom stereocenters. The normalized spacial score (nSPS) is 19.1. The van der Waals surface area contributed by atoms with Gasteiger partial charge in [0.05, 0.1) is 17.6 Å². The first-order valence-electron chi connectivity index (χ1n) is 9.55. The monoisotopic (exact) mass is 362 g/mol. The lowest BCUT2D eigenvalue weighted by Crippen LogP contribution is -2.42. The Hall–Kier alpha value is -3.03. The first kappa shape index (κ1) is 16.2. The van der Waals surface area contributed by atoms with E-state index in [1.807, 2.05) is 27.7 Å². The van der Waals surface area contributed by atoms with E-state index >= 15 is 0 Å². The van der Waals surface area contributed by atoms with Crippen molar-refractivity contribution in [3.63, 3.8) is 0 Å². The van der Waals surface area contributed by atoms with Crippen LogP contribution < -0.4 is 10.3 Å². The van der Waals surface area contributed by atoms with E-state index in [0.29, 0.717) is 17.3 Å². The predicted octanol–water partition coefficient (Wildman–Crippen LogP) is 2.54. The molecule has 0 amide bonds. The third kappa shape index (κ3) is 2.55. The maximum atomic E-state index is 7.69. The Bertz CT molecular complexity index is 1010. The van der Waals surface area contributed by atoms with Crippen LogP contribution in [0.25, 0.3) is 11.6 Å². The molecule has 8 nitrogen and oxygen atoms in total. The van der Waals surface area contributed by atoms with Gasteiger partial charge in [-0.25, -0.2) is 4.98 Å². The molecular formula is C19H22N8. The Kier molecular flexibility index (Phi) is 3.77. The zero-order valence-electron chi connectivity index (χ0n) is 15.3. The van der Waals surface area contributed by atoms with Crippen molar-refractivity contribution in [2.45, 2.75) is 51.1 Å². The summed E-state index contributed by atoms with van der Waals surface area (Å²) in [7, 11) is 0. The summed E-state index contributed by atoms with van der Waals surface area (Å²) in [6, 6.07) is 4.13. The van der Waals surface area contributed by atoms with Crippen LogP contribution in [-0.4, -0.2) is 35.3 Å². The molecule has 0 bridgehead atoms. The van der Waals surface area contributed by atoms with Crippen LogP contribution in [-0.2, 0) is 0 Å². The molecule has 3 aromatic heterocycles. The van der Waals surface area contributed by atoms with Crippen molar-refractivity contribution in [2.24, 2.45) is 0 Å². The van der Waals surface area contributed by atoms with Gasteiger partial charge in [-0.05, 0) is 31.4 Å². The van der Waals surface area contributed by atoms with Crippen LogP contribution in [0.15, 0.2) is 37.1 Å². The van der Waals surface area contributed by atoms with Gasteiger partial charge < -0.3 is 10.3 Å². The molecule has 138 valence electrons. The molecular weight excluding hydrogens is 340 g/mol. The minimum Gasteiger partial charge on any atom is -0.341 e. The van der Waals surface area contributed by atoms with Gasteiger partial charge >= 0.3 is 0 Å². The molecule has 0 spiro atoms. The molecule has 8 heteroatoms. The summed E-state index contributed by atoms with van der Waals surface area (Å²) in [4.78, 5) is 12.0. The van der Waals surface area contributed by atoms with Gasteiger partial charge in [0.15, 0.2) is 11.6 Å². The van der Waals surface area contributed by atoms with Crippen molar-refractivity contribution in [2.75, 3.05) is 4.90 Å². The smallest absolute Gasteiger partial charge is 0.235 e. The van der Waals surface area contributed by atoms with E-state index in [1.54, 1.807) is 18.5 Å². The van der Waals surface area contributed by atoms with Gasteiger partial charge in [-0.2, -0.15) is 4.98 Å². The fourth-order valence-corrected chi connectivity index (χ4v) is 4.32. The quantitative estimate of drug-likeness (QED) is 0.773. The number of anilines is 1. The Labute approximate surface area is 157 Å². The molecule has 3 aromatic rings. The van der Waals surface area contributed by atoms with Crippen LogP contribution in [0.2, 0.25) is 0 Å². The molecule has 1 saturated carbocycles. The van der Waals surface area contributed by atoms with E-state index in [4.69, 9.17) is 10.4 Å². The van der Waals surface area contributed by atoms with Crippen LogP contribution in [0.1, 0.15) is 50.9 Å². The van der Waals surface area contributed by atoms with Gasteiger partial charge in [0, 0.05) is 18.4 Å². The molecule has 27 heavy (non-hydrogen) atoms. The minimum absolute atomic E-state index is 0.173. The summed E-state index contributed by atoms with van der Waals surface area (Å²) in [5.41, 5.74) is 0.938. The predicted molar refractivity (Wildman–Crippen MR) is 99.9 cm³/mol. The first-order valence-corrected chi connectivity index (χ1v) is 9.55. The summed E-state index contributed by atoms with van der Waals surface area (Å²) in [5, 5.41) is 16.7. The van der Waals surface area contributed by atoms with Gasteiger partial charge in [0.25, 0.3) is 0 Å². The van der Waals surface area contributed by atoms with Crippen molar-refractivity contribution >= 4 is 5.82 Å². The van der Waals surface area contributed by atoms with E-state index in [2.05, 4.69) is 27.0 Å². The molecule has 4 heterocycles. The van der Waals surface area contributed by atoms with Crippen LogP contribution in [0.3, 0.4) is 0 Å². The summed E-state index contributed by atoms with van der Waals surface area (Å²) in [5.74, 6) is 2.54. The molecule has 1 aliphatic carbocycles. The van der Waals surface area contributed by atoms with E-state index in [-0.39, 0.29) is 6.04 Å². The van der Waals surface area contributed by atoms with Crippen molar-refractivity contribution < 1.29 is 0 Å². The molecule has 0 aromatic carbocycles. The average Bonchev–Trinajstić information content (AvgIpc) is 3.39. The highest BCUT2D eigenvalue weighted by Crippen LogP contribution is 2.42. The number of nitrogens with zero attached hydrogens (tertiary/aromatic N) is 7. The van der Waals surface area contributed by atoms with E-state index in [1.165, 1.54) is 25.7 Å². The molecule has 1 fully saturated rings. The van der Waals surface area contributed by atoms with E-state index < -0.39 is 0 Å². The Morgan fingerprint density at radius 2 is 1.96 bits per heavy atom. The fourth-order valence-electron chi connectivity index (χ4n) is 4.32. The van der Waals surface area contributed by atoms with Gasteiger partial charge in [0.1, 0.15) is 12.0 Å². The van der Waals surface area contributed by atoms with Gasteiger partial charge in [0.2, 0.25) is 5.95 Å². The fraction of sp³-hybridized carbons (Fsp3) is 0.421. The average molecular weight is 362 g/mol. The number of aromatic nitrogens is 6. The molecule has 5 rings (SSSR count). The zero-order chi connectivity index (χ0) is 18.4. The van der Waals surface area contributed by atoms with Gasteiger partial charge in [-0.3, -0.25) is 9.13 Å². The highest BCUT2D eigenvalue weighted by Gasteiger charge is 2.38. The van der Waals surface area contributed by atoms with Gasteiger partial charge in [-0.15, -0.1) is 10.2 Å². The van der Waals surface area contributed by atoms with Crippen LogP contribution in [0, 0.1) is 5.41 Å². The number of fused-ring (bicyclic) bond motifs is 3. The van der Waals surface area contributed by atoms with Crippen molar-refractivity contribution in [1.29, 1.82) is 5.41 Å². The molecule has 0 radical (unpaired) electrons. The lowest BCUT2D eigenvalue weighted by molar-refractivity contribution is 0.468. The van der Waals surface area contributed by atoms with Crippen molar-refractivity contribution in [1.82, 2.24) is 29.3 Å². The number of rotatable bonds is 3. The second kappa shape index (κ2) is 6.29. The van der Waals surface area contributed by atoms with E-state index in [0.717, 1.165) is 23.8 Å². The van der Waals surface area contributed by atoms with E-state index in [9.17, 15) is 0 Å². The van der Waals surface area contributed by atoms with Crippen LogP contribution in [0.5, 0.6) is 0 Å². The second-order valence-electron chi connectivity index (χ2n) is 7.20. The molecule has 2 aliphatic rings. The van der Waals surface area contributed by atoms with Crippen LogP contribution in [0.4, 0.5) is 5.82 Å². The molecule has 0 saturated heterocycles. The Morgan fingerprint density at radius 1 is 1.19 bits per heavy atom. The third-order valence-corrected chi connectivity index (χ3v) is 5.61. The topological polar surface area (TPSA) is 88.5 Å². The summed E-state index contributed by atoms with van der Waals surface area (Å²) in [6.07, 6.45) is 13.1. The maximum Gasteiger partial charge on any atom is 0.235 e. The minimum atomic E-state index is 0.173. The number of hydrogen-bond donors (Lipinski definition) is 1. The summed E-state index contributed by atoms with van der Waals surface area (Å²) >= 11 is 0. The Morgan fingerprint density at radius 3 is 2.70 bits per heavy atom.